The first-order valence-corrected chi connectivity index (χ1v) is 13.7. The molecule has 1 aliphatic rings. The third kappa shape index (κ3) is 8.52. The summed E-state index contributed by atoms with van der Waals surface area (Å²) in [6, 6.07) is 13.4. The van der Waals surface area contributed by atoms with Crippen molar-refractivity contribution in [3.8, 4) is 0 Å². The van der Waals surface area contributed by atoms with Gasteiger partial charge < -0.3 is 20.2 Å². The number of amidine groups is 1. The molecule has 9 nitrogen and oxygen atoms in total. The highest BCUT2D eigenvalue weighted by Crippen LogP contribution is 2.42. The van der Waals surface area contributed by atoms with E-state index in [1.807, 2.05) is 49.4 Å². The third-order valence-corrected chi connectivity index (χ3v) is 8.21. The SMILES string of the molecule is CO[C@@H](CCc1ccc(/C(N)=N\C=N)[nH]1)COOP(c1ccccc1)C(C)C(=O)OC1CCCCC1. The Bertz CT molecular complexity index is 978. The summed E-state index contributed by atoms with van der Waals surface area (Å²) in [5.74, 6) is 0.0267. The number of aryl methyl sites for hydroxylation is 1. The van der Waals surface area contributed by atoms with E-state index in [4.69, 9.17) is 30.2 Å². The molecular formula is C26H37N4O5P. The summed E-state index contributed by atoms with van der Waals surface area (Å²) in [4.78, 5) is 25.6. The van der Waals surface area contributed by atoms with Crippen molar-refractivity contribution in [2.75, 3.05) is 13.7 Å². The maximum Gasteiger partial charge on any atom is 0.316 e. The van der Waals surface area contributed by atoms with Gasteiger partial charge >= 0.3 is 5.97 Å². The third-order valence-electron chi connectivity index (χ3n) is 6.22. The van der Waals surface area contributed by atoms with Crippen molar-refractivity contribution in [2.45, 2.75) is 69.7 Å². The number of esters is 1. The fourth-order valence-corrected chi connectivity index (χ4v) is 5.63. The van der Waals surface area contributed by atoms with Crippen LogP contribution in [0.15, 0.2) is 47.5 Å². The van der Waals surface area contributed by atoms with Crippen molar-refractivity contribution in [2.24, 2.45) is 10.7 Å². The summed E-state index contributed by atoms with van der Waals surface area (Å²) in [7, 11) is 0.248. The molecule has 3 rings (SSSR count). The first kappa shape index (κ1) is 28.0. The van der Waals surface area contributed by atoms with Crippen LogP contribution in [0.1, 0.15) is 56.8 Å². The van der Waals surface area contributed by atoms with E-state index in [-0.39, 0.29) is 30.6 Å². The van der Waals surface area contributed by atoms with Crippen LogP contribution in [0.25, 0.3) is 0 Å². The molecule has 0 aliphatic heterocycles. The number of carbonyl (C=O) groups excluding carboxylic acids is 1. The predicted molar refractivity (Wildman–Crippen MR) is 142 cm³/mol. The topological polar surface area (TPSA) is 132 Å². The van der Waals surface area contributed by atoms with Crippen LogP contribution in [0.5, 0.6) is 0 Å². The highest BCUT2D eigenvalue weighted by atomic mass is 31.1. The van der Waals surface area contributed by atoms with Gasteiger partial charge in [0.15, 0.2) is 0 Å². The number of benzene rings is 1. The normalized spacial score (nSPS) is 17.3. The average Bonchev–Trinajstić information content (AvgIpc) is 3.38. The Morgan fingerprint density at radius 2 is 1.97 bits per heavy atom. The van der Waals surface area contributed by atoms with Gasteiger partial charge in [-0.2, -0.15) is 0 Å². The Balaban J connectivity index is 1.54. The van der Waals surface area contributed by atoms with Crippen LogP contribution in [0, 0.1) is 5.41 Å². The Kier molecular flexibility index (Phi) is 11.6. The van der Waals surface area contributed by atoms with Crippen molar-refractivity contribution in [3.05, 3.63) is 53.9 Å². The van der Waals surface area contributed by atoms with Gasteiger partial charge in [0.05, 0.1) is 11.8 Å². The number of methoxy groups -OCH3 is 1. The van der Waals surface area contributed by atoms with Gasteiger partial charge in [-0.25, -0.2) is 14.6 Å². The number of hydrogen-bond acceptors (Lipinski definition) is 6. The van der Waals surface area contributed by atoms with E-state index in [0.29, 0.717) is 18.5 Å². The lowest BCUT2D eigenvalue weighted by molar-refractivity contribution is -0.220. The summed E-state index contributed by atoms with van der Waals surface area (Å²) < 4.78 is 17.3. The Morgan fingerprint density at radius 1 is 1.22 bits per heavy atom. The van der Waals surface area contributed by atoms with Crippen LogP contribution < -0.4 is 11.0 Å². The Morgan fingerprint density at radius 3 is 2.67 bits per heavy atom. The van der Waals surface area contributed by atoms with E-state index in [0.717, 1.165) is 43.0 Å². The van der Waals surface area contributed by atoms with Gasteiger partial charge in [-0.1, -0.05) is 36.8 Å². The number of aliphatic imine (C=N–C) groups is 1. The number of nitrogens with one attached hydrogen (secondary N) is 2. The maximum atomic E-state index is 12.9. The monoisotopic (exact) mass is 516 g/mol. The number of rotatable bonds is 14. The molecule has 0 saturated heterocycles. The summed E-state index contributed by atoms with van der Waals surface area (Å²) in [5, 5.41) is 7.95. The number of nitrogens with two attached hydrogens (primary N) is 1. The molecule has 1 aromatic heterocycles. The molecule has 2 unspecified atom stereocenters. The molecule has 1 heterocycles. The fourth-order valence-electron chi connectivity index (χ4n) is 4.07. The second-order valence-corrected chi connectivity index (χ2v) is 10.9. The molecule has 0 spiro atoms. The van der Waals surface area contributed by atoms with Gasteiger partial charge in [-0.3, -0.25) is 10.2 Å². The molecular weight excluding hydrogens is 479 g/mol. The van der Waals surface area contributed by atoms with Crippen molar-refractivity contribution in [1.29, 1.82) is 5.41 Å². The predicted octanol–water partition coefficient (Wildman–Crippen LogP) is 4.21. The molecule has 0 amide bonds. The van der Waals surface area contributed by atoms with Gasteiger partial charge in [0, 0.05) is 18.1 Å². The van der Waals surface area contributed by atoms with Gasteiger partial charge in [-0.15, -0.1) is 0 Å². The van der Waals surface area contributed by atoms with Crippen molar-refractivity contribution in [1.82, 2.24) is 4.98 Å². The van der Waals surface area contributed by atoms with E-state index in [2.05, 4.69) is 9.98 Å². The van der Waals surface area contributed by atoms with E-state index in [1.165, 1.54) is 6.42 Å². The molecule has 1 saturated carbocycles. The molecule has 1 fully saturated rings. The van der Waals surface area contributed by atoms with Crippen LogP contribution >= 0.6 is 8.15 Å². The molecule has 2 aromatic rings. The van der Waals surface area contributed by atoms with Crippen LogP contribution in [0.3, 0.4) is 0 Å². The van der Waals surface area contributed by atoms with Crippen LogP contribution in [-0.2, 0) is 30.3 Å². The highest BCUT2D eigenvalue weighted by molar-refractivity contribution is 7.62. The minimum Gasteiger partial charge on any atom is -0.462 e. The molecule has 1 aliphatic carbocycles. The summed E-state index contributed by atoms with van der Waals surface area (Å²) in [6.45, 7) is 2.06. The van der Waals surface area contributed by atoms with Gasteiger partial charge in [-0.05, 0) is 57.6 Å². The number of ether oxygens (including phenoxy) is 2. The minimum absolute atomic E-state index is 0.000321. The quantitative estimate of drug-likeness (QED) is 0.0861. The van der Waals surface area contributed by atoms with E-state index in [9.17, 15) is 4.79 Å². The maximum absolute atomic E-state index is 12.9. The van der Waals surface area contributed by atoms with E-state index >= 15 is 0 Å². The van der Waals surface area contributed by atoms with Gasteiger partial charge in [0.2, 0.25) is 0 Å². The lowest BCUT2D eigenvalue weighted by Gasteiger charge is -2.27. The molecule has 10 heteroatoms. The smallest absolute Gasteiger partial charge is 0.316 e. The summed E-state index contributed by atoms with van der Waals surface area (Å²) in [6.07, 6.45) is 7.37. The van der Waals surface area contributed by atoms with E-state index in [1.54, 1.807) is 7.11 Å². The van der Waals surface area contributed by atoms with Gasteiger partial charge in [0.1, 0.15) is 38.7 Å². The Labute approximate surface area is 214 Å². The number of H-pyrrole nitrogens is 1. The Hall–Kier alpha value is -2.58. The number of hydrogen-bond donors (Lipinski definition) is 3. The molecule has 0 radical (unpaired) electrons. The molecule has 0 bridgehead atoms. The summed E-state index contributed by atoms with van der Waals surface area (Å²) in [5.41, 5.74) is 7.00. The molecule has 4 N–H and O–H groups in total. The first-order chi connectivity index (χ1) is 17.5. The molecule has 3 atom stereocenters. The zero-order chi connectivity index (χ0) is 25.8. The first-order valence-electron chi connectivity index (χ1n) is 12.4. The second-order valence-electron chi connectivity index (χ2n) is 8.83. The fraction of sp³-hybridized carbons (Fsp3) is 0.500. The average molecular weight is 517 g/mol. The number of carbonyl (C=O) groups is 1. The summed E-state index contributed by atoms with van der Waals surface area (Å²) >= 11 is 0. The largest absolute Gasteiger partial charge is 0.462 e. The number of nitrogens with zero attached hydrogens (tertiary/aromatic N) is 1. The number of aromatic amines is 1. The van der Waals surface area contributed by atoms with Crippen molar-refractivity contribution < 1.29 is 23.8 Å². The number of aromatic nitrogens is 1. The minimum atomic E-state index is -1.38. The zero-order valence-electron chi connectivity index (χ0n) is 21.0. The van der Waals surface area contributed by atoms with Crippen LogP contribution in [0.4, 0.5) is 0 Å². The lowest BCUT2D eigenvalue weighted by Crippen LogP contribution is -2.29. The standard InChI is InChI=1S/C26H37N4O5P/c1-19(26(31)34-21-9-5-3-6-10-21)36(23-11-7-4-8-12-23)35-33-17-22(32-2)15-13-20-14-16-24(30-20)25(28)29-18-27/h4,7-8,11-12,14,16,18-19,21-22,30H,3,5-6,9-10,13,15,17H2,1-2H3,(H3,27,28,29)/t19?,22-,36?/m0/s1. The second kappa shape index (κ2) is 14.9. The highest BCUT2D eigenvalue weighted by Gasteiger charge is 2.31. The molecule has 1 aromatic carbocycles. The van der Waals surface area contributed by atoms with Gasteiger partial charge in [0.25, 0.3) is 0 Å². The van der Waals surface area contributed by atoms with Crippen LogP contribution in [0.2, 0.25) is 0 Å². The van der Waals surface area contributed by atoms with Crippen LogP contribution in [-0.4, -0.2) is 54.7 Å². The van der Waals surface area contributed by atoms with Crippen molar-refractivity contribution in [3.63, 3.8) is 0 Å². The molecule has 36 heavy (non-hydrogen) atoms. The van der Waals surface area contributed by atoms with E-state index < -0.39 is 13.8 Å². The zero-order valence-corrected chi connectivity index (χ0v) is 21.9. The molecule has 196 valence electrons. The lowest BCUT2D eigenvalue weighted by atomic mass is 9.98. The van der Waals surface area contributed by atoms with Crippen molar-refractivity contribution >= 4 is 31.6 Å².